The zero-order chi connectivity index (χ0) is 16.8. The molecule has 5 rings (SSSR count). The van der Waals surface area contributed by atoms with E-state index >= 15 is 0 Å². The van der Waals surface area contributed by atoms with E-state index in [2.05, 4.69) is 77.8 Å². The number of hydrogen-bond acceptors (Lipinski definition) is 1. The van der Waals surface area contributed by atoms with Crippen LogP contribution in [0, 0.1) is 41.7 Å². The Balaban J connectivity index is 2.46. The molecule has 3 aromatic carbocycles. The second-order valence-corrected chi connectivity index (χ2v) is 6.58. The van der Waals surface area contributed by atoms with E-state index in [1.54, 1.807) is 0 Å². The van der Waals surface area contributed by atoms with Gasteiger partial charge in [0.1, 0.15) is 5.15 Å². The first-order valence-corrected chi connectivity index (χ1v) is 8.65. The fourth-order valence-electron chi connectivity index (χ4n) is 3.73. The number of nitrogens with zero attached hydrogens (tertiary/aromatic N) is 1. The third-order valence-corrected chi connectivity index (χ3v) is 5.02. The summed E-state index contributed by atoms with van der Waals surface area (Å²) in [5, 5.41) is 10.0. The van der Waals surface area contributed by atoms with Crippen molar-refractivity contribution in [2.75, 3.05) is 0 Å². The van der Waals surface area contributed by atoms with Gasteiger partial charge in [-0.2, -0.15) is 0 Å². The van der Waals surface area contributed by atoms with E-state index in [0.29, 0.717) is 5.15 Å². The lowest BCUT2D eigenvalue weighted by molar-refractivity contribution is 1.22. The summed E-state index contributed by atoms with van der Waals surface area (Å²) in [5.41, 5.74) is 0. The van der Waals surface area contributed by atoms with Crippen LogP contribution < -0.4 is 0 Å². The Kier molecular flexibility index (Phi) is 3.22. The number of rotatable bonds is 0. The van der Waals surface area contributed by atoms with Gasteiger partial charge in [-0.1, -0.05) is 84.4 Å². The number of aromatic nitrogens is 1. The monoisotopic (exact) mass is 339 g/mol. The van der Waals surface area contributed by atoms with Crippen LogP contribution in [0.5, 0.6) is 0 Å². The van der Waals surface area contributed by atoms with E-state index in [4.69, 9.17) is 11.6 Å². The van der Waals surface area contributed by atoms with Gasteiger partial charge in [-0.3, -0.25) is 0 Å². The van der Waals surface area contributed by atoms with Crippen LogP contribution in [0.25, 0.3) is 0 Å². The summed E-state index contributed by atoms with van der Waals surface area (Å²) >= 11 is 6.25. The molecular weight excluding hydrogens is 326 g/mol. The van der Waals surface area contributed by atoms with E-state index in [1.165, 1.54) is 31.3 Å². The van der Waals surface area contributed by atoms with Crippen molar-refractivity contribution in [1.82, 2.24) is 4.98 Å². The molecule has 1 aliphatic carbocycles. The fourth-order valence-corrected chi connectivity index (χ4v) is 3.88. The quantitative estimate of drug-likeness (QED) is 0.353. The second-order valence-electron chi connectivity index (χ2n) is 6.19. The molecule has 0 saturated carbocycles. The number of fused-ring (bicyclic) bond motifs is 4. The van der Waals surface area contributed by atoms with Gasteiger partial charge in [0.05, 0.1) is 0 Å². The molecule has 1 heterocycles. The van der Waals surface area contributed by atoms with Gasteiger partial charge in [0.2, 0.25) is 0 Å². The van der Waals surface area contributed by atoms with Crippen LogP contribution in [0.3, 0.4) is 0 Å². The summed E-state index contributed by atoms with van der Waals surface area (Å²) in [6.45, 7) is 0. The highest BCUT2D eigenvalue weighted by Gasteiger charge is 2.01. The van der Waals surface area contributed by atoms with Crippen molar-refractivity contribution in [2.45, 2.75) is 0 Å². The van der Waals surface area contributed by atoms with E-state index in [1.807, 2.05) is 12.3 Å². The third kappa shape index (κ3) is 2.20. The number of benzene rings is 3. The van der Waals surface area contributed by atoms with Crippen LogP contribution in [0.1, 0.15) is 0 Å². The van der Waals surface area contributed by atoms with Crippen LogP contribution in [0.15, 0.2) is 85.1 Å². The molecule has 0 atom stereocenters. The molecular formula is C23H14ClN. The summed E-state index contributed by atoms with van der Waals surface area (Å²) < 4.78 is 0. The molecule has 0 saturated heterocycles. The van der Waals surface area contributed by atoms with Crippen molar-refractivity contribution >= 4 is 11.6 Å². The molecule has 1 aliphatic rings. The maximum absolute atomic E-state index is 6.25. The molecule has 0 amide bonds. The van der Waals surface area contributed by atoms with Crippen molar-refractivity contribution in [1.29, 1.82) is 0 Å². The molecule has 0 aliphatic heterocycles. The minimum Gasteiger partial charge on any atom is -0.244 e. The third-order valence-electron chi connectivity index (χ3n) is 4.81. The van der Waals surface area contributed by atoms with E-state index < -0.39 is 0 Å². The molecule has 2 heteroatoms. The molecule has 1 nitrogen and oxygen atoms in total. The van der Waals surface area contributed by atoms with Gasteiger partial charge in [0.15, 0.2) is 0 Å². The largest absolute Gasteiger partial charge is 0.244 e. The van der Waals surface area contributed by atoms with E-state index in [9.17, 15) is 0 Å². The molecule has 1 aromatic heterocycles. The molecule has 0 N–H and O–H groups in total. The summed E-state index contributed by atoms with van der Waals surface area (Å²) in [7, 11) is 0. The lowest BCUT2D eigenvalue weighted by Gasteiger charge is -2.02. The lowest BCUT2D eigenvalue weighted by Crippen LogP contribution is -1.90. The highest BCUT2D eigenvalue weighted by Crippen LogP contribution is 2.14. The zero-order valence-corrected chi connectivity index (χ0v) is 14.2. The van der Waals surface area contributed by atoms with Gasteiger partial charge in [-0.25, -0.2) is 4.98 Å². The van der Waals surface area contributed by atoms with E-state index in [-0.39, 0.29) is 0 Å². The Bertz CT molecular complexity index is 1500. The van der Waals surface area contributed by atoms with Gasteiger partial charge in [0, 0.05) is 11.4 Å². The molecule has 0 unspecified atom stereocenters. The molecule has 0 fully saturated rings. The first kappa shape index (κ1) is 14.4. The van der Waals surface area contributed by atoms with Gasteiger partial charge in [-0.05, 0) is 42.6 Å². The van der Waals surface area contributed by atoms with Crippen molar-refractivity contribution in [3.63, 3.8) is 0 Å². The number of hydrogen-bond donors (Lipinski definition) is 0. The number of pyridine rings is 1. The van der Waals surface area contributed by atoms with Crippen LogP contribution in [-0.2, 0) is 0 Å². The van der Waals surface area contributed by atoms with Gasteiger partial charge < -0.3 is 0 Å². The highest BCUT2D eigenvalue weighted by atomic mass is 35.5. The molecule has 118 valence electrons. The van der Waals surface area contributed by atoms with Crippen LogP contribution >= 0.6 is 11.6 Å². The van der Waals surface area contributed by atoms with Crippen LogP contribution in [0.4, 0.5) is 0 Å². The highest BCUT2D eigenvalue weighted by molar-refractivity contribution is 6.29. The second kappa shape index (κ2) is 5.58. The average Bonchev–Trinajstić information content (AvgIpc) is 2.67. The Morgan fingerprint density at radius 2 is 0.840 bits per heavy atom. The number of halogens is 1. The molecule has 4 aromatic rings. The normalized spacial score (nSPS) is 17.2. The minimum atomic E-state index is 0.514. The summed E-state index contributed by atoms with van der Waals surface area (Å²) in [5.74, 6) is 0. The van der Waals surface area contributed by atoms with E-state index in [0.717, 1.165) is 10.4 Å². The van der Waals surface area contributed by atoms with Crippen LogP contribution in [0.2, 0.25) is 5.15 Å². The maximum Gasteiger partial charge on any atom is 0.129 e. The summed E-state index contributed by atoms with van der Waals surface area (Å²) in [4.78, 5) is 4.36. The molecule has 0 bridgehead atoms. The van der Waals surface area contributed by atoms with Gasteiger partial charge >= 0.3 is 0 Å². The molecule has 0 spiro atoms. The Hall–Kier alpha value is -2.90. The topological polar surface area (TPSA) is 12.9 Å². The first-order chi connectivity index (χ1) is 12.3. The van der Waals surface area contributed by atoms with Crippen molar-refractivity contribution in [3.8, 4) is 0 Å². The Morgan fingerprint density at radius 1 is 0.480 bits per heavy atom. The molecule has 0 radical (unpaired) electrons. The summed E-state index contributed by atoms with van der Waals surface area (Å²) in [6.07, 6.45) is 1.89. The lowest BCUT2D eigenvalue weighted by atomic mass is 10.0. The zero-order valence-electron chi connectivity index (χ0n) is 13.4. The van der Waals surface area contributed by atoms with Crippen molar-refractivity contribution in [2.24, 2.45) is 0 Å². The predicted molar refractivity (Wildman–Crippen MR) is 99.3 cm³/mol. The smallest absolute Gasteiger partial charge is 0.129 e. The van der Waals surface area contributed by atoms with Crippen molar-refractivity contribution in [3.05, 3.63) is 132 Å². The average molecular weight is 340 g/mol. The van der Waals surface area contributed by atoms with Gasteiger partial charge in [0.25, 0.3) is 0 Å². The Morgan fingerprint density at radius 3 is 1.28 bits per heavy atom. The predicted octanol–water partition coefficient (Wildman–Crippen LogP) is 5.20. The summed E-state index contributed by atoms with van der Waals surface area (Å²) in [6, 6.07) is 27.6. The van der Waals surface area contributed by atoms with Crippen molar-refractivity contribution < 1.29 is 0 Å². The first-order valence-electron chi connectivity index (χ1n) is 8.27. The minimum absolute atomic E-state index is 0.514. The van der Waals surface area contributed by atoms with Crippen LogP contribution in [-0.4, -0.2) is 4.98 Å². The standard InChI is InChI=1S/C23H14ClN/c24-23-13-21-19-11-5-3-9-17(19)15-7-1-2-8-16(15)18-10-4-6-12-20(18)22(21)14-25-23/h1-14H/b17-15-,18-16-,21-19-,22-20-. The van der Waals surface area contributed by atoms with Gasteiger partial charge in [-0.15, -0.1) is 0 Å². The Labute approximate surface area is 148 Å². The fraction of sp³-hybridized carbons (Fsp3) is 0. The molecule has 25 heavy (non-hydrogen) atoms. The maximum atomic E-state index is 6.25. The SMILES string of the molecule is Clc1cc2/c(cn1)=c1/cccc/c1=c1\cccc\c1=c1/cccc/c1=2.